The minimum Gasteiger partial charge on any atom is -0.455 e. The lowest BCUT2D eigenvalue weighted by Crippen LogP contribution is -2.32. The second-order valence-corrected chi connectivity index (χ2v) is 4.19. The molecule has 0 aliphatic rings. The molecule has 1 atom stereocenters. The van der Waals surface area contributed by atoms with Gasteiger partial charge in [0.15, 0.2) is 5.75 Å². The fourth-order valence-electron chi connectivity index (χ4n) is 1.52. The zero-order chi connectivity index (χ0) is 13.7. The van der Waals surface area contributed by atoms with Gasteiger partial charge in [-0.05, 0) is 31.2 Å². The fourth-order valence-corrected chi connectivity index (χ4v) is 1.52. The van der Waals surface area contributed by atoms with Gasteiger partial charge in [0.25, 0.3) is 0 Å². The van der Waals surface area contributed by atoms with Crippen molar-refractivity contribution in [3.05, 3.63) is 54.6 Å². The van der Waals surface area contributed by atoms with E-state index in [1.165, 1.54) is 0 Å². The average molecular weight is 256 g/mol. The number of anilines is 1. The number of nitrogens with one attached hydrogen (secondary N) is 1. The van der Waals surface area contributed by atoms with Crippen LogP contribution in [0.2, 0.25) is 0 Å². The fraction of sp³-hybridized carbons (Fsp3) is 0.133. The normalized spacial score (nSPS) is 11.7. The van der Waals surface area contributed by atoms with Gasteiger partial charge in [0.05, 0.1) is 11.7 Å². The predicted molar refractivity (Wildman–Crippen MR) is 75.2 cm³/mol. The van der Waals surface area contributed by atoms with Crippen LogP contribution >= 0.6 is 0 Å². The summed E-state index contributed by atoms with van der Waals surface area (Å²) in [6, 6.07) is 16.1. The Kier molecular flexibility index (Phi) is 4.15. The molecule has 2 aromatic rings. The summed E-state index contributed by atoms with van der Waals surface area (Å²) >= 11 is 0. The first-order chi connectivity index (χ1) is 9.16. The maximum Gasteiger partial charge on any atom is 0.241 e. The summed E-state index contributed by atoms with van der Waals surface area (Å²) in [5.74, 6) is 1.05. The van der Waals surface area contributed by atoms with Crippen LogP contribution in [0.3, 0.4) is 0 Å². The van der Waals surface area contributed by atoms with Crippen molar-refractivity contribution in [3.63, 3.8) is 0 Å². The Morgan fingerprint density at radius 1 is 1.11 bits per heavy atom. The SMILES string of the molecule is C[C@H](N)C(=O)Nc1ccccc1Oc1ccccc1. The number of ether oxygens (including phenoxy) is 1. The molecule has 0 spiro atoms. The number of benzene rings is 2. The molecule has 4 nitrogen and oxygen atoms in total. The first-order valence-electron chi connectivity index (χ1n) is 6.05. The maximum atomic E-state index is 11.6. The summed E-state index contributed by atoms with van der Waals surface area (Å²) in [6.07, 6.45) is 0. The van der Waals surface area contributed by atoms with Crippen molar-refractivity contribution in [2.75, 3.05) is 5.32 Å². The van der Waals surface area contributed by atoms with E-state index in [4.69, 9.17) is 10.5 Å². The summed E-state index contributed by atoms with van der Waals surface area (Å²) in [5, 5.41) is 2.74. The van der Waals surface area contributed by atoms with Crippen molar-refractivity contribution in [1.82, 2.24) is 0 Å². The number of hydrogen-bond donors (Lipinski definition) is 2. The molecule has 3 N–H and O–H groups in total. The van der Waals surface area contributed by atoms with Gasteiger partial charge in [-0.1, -0.05) is 30.3 Å². The smallest absolute Gasteiger partial charge is 0.241 e. The number of rotatable bonds is 4. The zero-order valence-electron chi connectivity index (χ0n) is 10.7. The number of nitrogens with two attached hydrogens (primary N) is 1. The Bertz CT molecular complexity index is 553. The molecule has 0 unspecified atom stereocenters. The Balaban J connectivity index is 2.19. The molecule has 19 heavy (non-hydrogen) atoms. The van der Waals surface area contributed by atoms with Crippen LogP contribution in [0, 0.1) is 0 Å². The van der Waals surface area contributed by atoms with E-state index < -0.39 is 6.04 Å². The van der Waals surface area contributed by atoms with E-state index in [1.54, 1.807) is 19.1 Å². The van der Waals surface area contributed by atoms with Crippen molar-refractivity contribution in [2.45, 2.75) is 13.0 Å². The molecular weight excluding hydrogens is 240 g/mol. The van der Waals surface area contributed by atoms with Crippen LogP contribution in [-0.2, 0) is 4.79 Å². The lowest BCUT2D eigenvalue weighted by atomic mass is 10.2. The highest BCUT2D eigenvalue weighted by Crippen LogP contribution is 2.28. The number of para-hydroxylation sites is 3. The molecular formula is C15H16N2O2. The summed E-state index contributed by atoms with van der Waals surface area (Å²) in [7, 11) is 0. The van der Waals surface area contributed by atoms with E-state index in [1.807, 2.05) is 42.5 Å². The van der Waals surface area contributed by atoms with Gasteiger partial charge in [0.2, 0.25) is 5.91 Å². The van der Waals surface area contributed by atoms with Crippen LogP contribution in [0.1, 0.15) is 6.92 Å². The van der Waals surface area contributed by atoms with E-state index in [0.29, 0.717) is 17.2 Å². The Hall–Kier alpha value is -2.33. The van der Waals surface area contributed by atoms with E-state index in [-0.39, 0.29) is 5.91 Å². The number of carbonyl (C=O) groups is 1. The van der Waals surface area contributed by atoms with Crippen LogP contribution in [0.15, 0.2) is 54.6 Å². The zero-order valence-corrected chi connectivity index (χ0v) is 10.7. The number of carbonyl (C=O) groups excluding carboxylic acids is 1. The minimum absolute atomic E-state index is 0.246. The van der Waals surface area contributed by atoms with Crippen molar-refractivity contribution < 1.29 is 9.53 Å². The van der Waals surface area contributed by atoms with Crippen LogP contribution in [-0.4, -0.2) is 11.9 Å². The van der Waals surface area contributed by atoms with Gasteiger partial charge in [-0.3, -0.25) is 4.79 Å². The van der Waals surface area contributed by atoms with Gasteiger partial charge in [-0.2, -0.15) is 0 Å². The highest BCUT2D eigenvalue weighted by molar-refractivity contribution is 5.95. The monoisotopic (exact) mass is 256 g/mol. The standard InChI is InChI=1S/C15H16N2O2/c1-11(16)15(18)17-13-9-5-6-10-14(13)19-12-7-3-2-4-8-12/h2-11H,16H2,1H3,(H,17,18)/t11-/m0/s1. The Morgan fingerprint density at radius 2 is 1.74 bits per heavy atom. The van der Waals surface area contributed by atoms with Crippen molar-refractivity contribution >= 4 is 11.6 Å². The van der Waals surface area contributed by atoms with E-state index >= 15 is 0 Å². The Labute approximate surface area is 112 Å². The summed E-state index contributed by atoms with van der Waals surface area (Å²) in [4.78, 5) is 11.6. The third-order valence-corrected chi connectivity index (χ3v) is 2.53. The first-order valence-corrected chi connectivity index (χ1v) is 6.05. The molecule has 0 aromatic heterocycles. The second-order valence-electron chi connectivity index (χ2n) is 4.19. The van der Waals surface area contributed by atoms with Crippen molar-refractivity contribution in [2.24, 2.45) is 5.73 Å². The number of hydrogen-bond acceptors (Lipinski definition) is 3. The van der Waals surface area contributed by atoms with E-state index in [9.17, 15) is 4.79 Å². The van der Waals surface area contributed by atoms with Crippen molar-refractivity contribution in [3.8, 4) is 11.5 Å². The highest BCUT2D eigenvalue weighted by Gasteiger charge is 2.11. The van der Waals surface area contributed by atoms with Gasteiger partial charge in [0, 0.05) is 0 Å². The molecule has 98 valence electrons. The molecule has 1 amide bonds. The molecule has 0 bridgehead atoms. The second kappa shape index (κ2) is 6.02. The quantitative estimate of drug-likeness (QED) is 0.884. The largest absolute Gasteiger partial charge is 0.455 e. The number of amides is 1. The third kappa shape index (κ3) is 3.56. The topological polar surface area (TPSA) is 64.4 Å². The van der Waals surface area contributed by atoms with Gasteiger partial charge < -0.3 is 15.8 Å². The van der Waals surface area contributed by atoms with Gasteiger partial charge >= 0.3 is 0 Å². The van der Waals surface area contributed by atoms with Crippen LogP contribution < -0.4 is 15.8 Å². The summed E-state index contributed by atoms with van der Waals surface area (Å²) in [5.41, 5.74) is 6.14. The predicted octanol–water partition coefficient (Wildman–Crippen LogP) is 2.76. The lowest BCUT2D eigenvalue weighted by molar-refractivity contribution is -0.117. The van der Waals surface area contributed by atoms with Crippen LogP contribution in [0.5, 0.6) is 11.5 Å². The first kappa shape index (κ1) is 13.1. The summed E-state index contributed by atoms with van der Waals surface area (Å²) < 4.78 is 5.73. The van der Waals surface area contributed by atoms with Crippen LogP contribution in [0.4, 0.5) is 5.69 Å². The molecule has 0 aliphatic heterocycles. The molecule has 2 rings (SSSR count). The molecule has 0 heterocycles. The Morgan fingerprint density at radius 3 is 2.42 bits per heavy atom. The molecule has 0 radical (unpaired) electrons. The van der Waals surface area contributed by atoms with Gasteiger partial charge in [-0.25, -0.2) is 0 Å². The summed E-state index contributed by atoms with van der Waals surface area (Å²) in [6.45, 7) is 1.63. The van der Waals surface area contributed by atoms with E-state index in [0.717, 1.165) is 0 Å². The lowest BCUT2D eigenvalue weighted by Gasteiger charge is -2.13. The molecule has 4 heteroatoms. The average Bonchev–Trinajstić information content (AvgIpc) is 2.42. The maximum absolute atomic E-state index is 11.6. The van der Waals surface area contributed by atoms with E-state index in [2.05, 4.69) is 5.32 Å². The molecule has 0 saturated heterocycles. The van der Waals surface area contributed by atoms with Gasteiger partial charge in [-0.15, -0.1) is 0 Å². The highest BCUT2D eigenvalue weighted by atomic mass is 16.5. The third-order valence-electron chi connectivity index (χ3n) is 2.53. The molecule has 2 aromatic carbocycles. The van der Waals surface area contributed by atoms with Crippen molar-refractivity contribution in [1.29, 1.82) is 0 Å². The minimum atomic E-state index is -0.565. The molecule has 0 fully saturated rings. The molecule has 0 aliphatic carbocycles. The molecule has 0 saturated carbocycles. The van der Waals surface area contributed by atoms with Gasteiger partial charge in [0.1, 0.15) is 5.75 Å². The van der Waals surface area contributed by atoms with Crippen LogP contribution in [0.25, 0.3) is 0 Å².